The van der Waals surface area contributed by atoms with E-state index in [1.165, 1.54) is 0 Å². The van der Waals surface area contributed by atoms with Gasteiger partial charge in [0, 0.05) is 12.2 Å². The van der Waals surface area contributed by atoms with Gasteiger partial charge in [-0.25, -0.2) is 9.59 Å². The fourth-order valence-corrected chi connectivity index (χ4v) is 2.32. The number of ether oxygens (including phenoxy) is 2. The number of rotatable bonds is 6. The third kappa shape index (κ3) is 5.09. The van der Waals surface area contributed by atoms with Crippen LogP contribution in [0.5, 0.6) is 11.5 Å². The van der Waals surface area contributed by atoms with Crippen LogP contribution in [-0.2, 0) is 9.59 Å². The van der Waals surface area contributed by atoms with Crippen LogP contribution in [0.15, 0.2) is 61.7 Å². The Bertz CT molecular complexity index is 883. The zero-order valence-corrected chi connectivity index (χ0v) is 15.1. The van der Waals surface area contributed by atoms with Crippen LogP contribution in [0.4, 0.5) is 0 Å². The molecule has 0 fully saturated rings. The Morgan fingerprint density at radius 1 is 0.808 bits per heavy atom. The molecule has 4 nitrogen and oxygen atoms in total. The van der Waals surface area contributed by atoms with Crippen LogP contribution in [0.3, 0.4) is 0 Å². The number of halogens is 2. The molecule has 0 saturated heterocycles. The van der Waals surface area contributed by atoms with Crippen LogP contribution in [0.2, 0.25) is 10.0 Å². The fraction of sp³-hybridized carbons (Fsp3) is 0. The SMILES string of the molecule is C=CC(=O)Oc1ccc(C=Cc2ccc(OC(=O)C=C)c(Cl)c2Cl)cc1. The van der Waals surface area contributed by atoms with Gasteiger partial charge in [0.25, 0.3) is 0 Å². The first-order valence-corrected chi connectivity index (χ1v) is 8.15. The standard InChI is InChI=1S/C20H14Cl2O4/c1-3-17(23)25-15-10-6-13(7-11-15)5-8-14-9-12-16(20(22)19(14)21)26-18(24)4-2/h3-12H,1-2H2. The molecule has 0 saturated carbocycles. The van der Waals surface area contributed by atoms with E-state index in [4.69, 9.17) is 32.7 Å². The maximum atomic E-state index is 11.3. The summed E-state index contributed by atoms with van der Waals surface area (Å²) in [6.07, 6.45) is 5.70. The molecule has 0 aromatic heterocycles. The average Bonchev–Trinajstić information content (AvgIpc) is 2.65. The molecule has 0 radical (unpaired) electrons. The van der Waals surface area contributed by atoms with Gasteiger partial charge < -0.3 is 9.47 Å². The minimum atomic E-state index is -0.622. The van der Waals surface area contributed by atoms with Crippen molar-refractivity contribution in [1.82, 2.24) is 0 Å². The fourth-order valence-electron chi connectivity index (χ4n) is 1.90. The van der Waals surface area contributed by atoms with E-state index in [9.17, 15) is 9.59 Å². The Balaban J connectivity index is 2.16. The lowest BCUT2D eigenvalue weighted by molar-refractivity contribution is -0.129. The Kier molecular flexibility index (Phi) is 6.78. The highest BCUT2D eigenvalue weighted by molar-refractivity contribution is 6.44. The second kappa shape index (κ2) is 9.04. The van der Waals surface area contributed by atoms with Gasteiger partial charge in [0.2, 0.25) is 0 Å². The molecule has 2 aromatic carbocycles. The summed E-state index contributed by atoms with van der Waals surface area (Å²) in [5.74, 6) is -0.566. The van der Waals surface area contributed by atoms with E-state index < -0.39 is 11.9 Å². The molecule has 0 bridgehead atoms. The van der Waals surface area contributed by atoms with Crippen molar-refractivity contribution in [3.63, 3.8) is 0 Å². The zero-order valence-electron chi connectivity index (χ0n) is 13.6. The zero-order chi connectivity index (χ0) is 19.1. The highest BCUT2D eigenvalue weighted by atomic mass is 35.5. The minimum absolute atomic E-state index is 0.135. The molecular formula is C20H14Cl2O4. The summed E-state index contributed by atoms with van der Waals surface area (Å²) >= 11 is 12.4. The summed E-state index contributed by atoms with van der Waals surface area (Å²) in [5, 5.41) is 0.393. The van der Waals surface area contributed by atoms with E-state index in [0.717, 1.165) is 17.7 Å². The molecule has 0 heterocycles. The Morgan fingerprint density at radius 2 is 1.42 bits per heavy atom. The van der Waals surface area contributed by atoms with E-state index in [0.29, 0.717) is 11.3 Å². The molecule has 2 rings (SSSR count). The van der Waals surface area contributed by atoms with Gasteiger partial charge in [-0.05, 0) is 35.4 Å². The van der Waals surface area contributed by atoms with Crippen molar-refractivity contribution in [2.45, 2.75) is 0 Å². The smallest absolute Gasteiger partial charge is 0.335 e. The number of benzene rings is 2. The molecule has 0 N–H and O–H groups in total. The van der Waals surface area contributed by atoms with Crippen molar-refractivity contribution in [3.05, 3.63) is 82.9 Å². The van der Waals surface area contributed by atoms with Crippen molar-refractivity contribution >= 4 is 47.3 Å². The molecule has 0 aliphatic heterocycles. The molecule has 132 valence electrons. The van der Waals surface area contributed by atoms with Crippen LogP contribution < -0.4 is 9.47 Å². The van der Waals surface area contributed by atoms with Crippen LogP contribution in [0.25, 0.3) is 12.2 Å². The van der Waals surface area contributed by atoms with Gasteiger partial charge in [0.15, 0.2) is 5.75 Å². The summed E-state index contributed by atoms with van der Waals surface area (Å²) in [5.41, 5.74) is 1.51. The van der Waals surface area contributed by atoms with Crippen LogP contribution in [0.1, 0.15) is 11.1 Å². The molecule has 0 unspecified atom stereocenters. The number of hydrogen-bond donors (Lipinski definition) is 0. The number of carbonyl (C=O) groups is 2. The topological polar surface area (TPSA) is 52.6 Å². The molecule has 0 amide bonds. The quantitative estimate of drug-likeness (QED) is 0.289. The Hall–Kier alpha value is -2.82. The normalized spacial score (nSPS) is 10.4. The predicted octanol–water partition coefficient (Wildman–Crippen LogP) is 5.35. The third-order valence-corrected chi connectivity index (χ3v) is 4.05. The van der Waals surface area contributed by atoms with E-state index in [1.807, 2.05) is 6.08 Å². The van der Waals surface area contributed by atoms with Gasteiger partial charge in [0.1, 0.15) is 10.8 Å². The van der Waals surface area contributed by atoms with Gasteiger partial charge in [0.05, 0.1) is 5.02 Å². The van der Waals surface area contributed by atoms with Gasteiger partial charge in [-0.15, -0.1) is 0 Å². The predicted molar refractivity (Wildman–Crippen MR) is 103 cm³/mol. The lowest BCUT2D eigenvalue weighted by atomic mass is 10.1. The monoisotopic (exact) mass is 388 g/mol. The van der Waals surface area contributed by atoms with E-state index >= 15 is 0 Å². The van der Waals surface area contributed by atoms with Gasteiger partial charge in [-0.1, -0.05) is 60.6 Å². The maximum Gasteiger partial charge on any atom is 0.335 e. The molecule has 26 heavy (non-hydrogen) atoms. The summed E-state index contributed by atoms with van der Waals surface area (Å²) < 4.78 is 10.0. The summed E-state index contributed by atoms with van der Waals surface area (Å²) in [6.45, 7) is 6.66. The number of esters is 2. The van der Waals surface area contributed by atoms with Crippen LogP contribution >= 0.6 is 23.2 Å². The molecule has 6 heteroatoms. The van der Waals surface area contributed by atoms with Crippen molar-refractivity contribution in [2.24, 2.45) is 0 Å². The Labute approximate surface area is 160 Å². The first kappa shape index (κ1) is 19.5. The van der Waals surface area contributed by atoms with Crippen molar-refractivity contribution < 1.29 is 19.1 Å². The maximum absolute atomic E-state index is 11.3. The highest BCUT2D eigenvalue weighted by Gasteiger charge is 2.11. The van der Waals surface area contributed by atoms with Crippen molar-refractivity contribution in [1.29, 1.82) is 0 Å². The molecule has 0 aliphatic carbocycles. The molecule has 0 aliphatic rings. The molecule has 0 atom stereocenters. The second-order valence-electron chi connectivity index (χ2n) is 4.93. The number of hydrogen-bond acceptors (Lipinski definition) is 4. The lowest BCUT2D eigenvalue weighted by Gasteiger charge is -2.07. The van der Waals surface area contributed by atoms with Crippen molar-refractivity contribution in [2.75, 3.05) is 0 Å². The van der Waals surface area contributed by atoms with E-state index in [1.54, 1.807) is 42.5 Å². The Morgan fingerprint density at radius 3 is 2.04 bits per heavy atom. The lowest BCUT2D eigenvalue weighted by Crippen LogP contribution is -2.03. The van der Waals surface area contributed by atoms with Crippen LogP contribution in [-0.4, -0.2) is 11.9 Å². The first-order valence-electron chi connectivity index (χ1n) is 7.39. The largest absolute Gasteiger partial charge is 0.423 e. The average molecular weight is 389 g/mol. The van der Waals surface area contributed by atoms with Gasteiger partial charge in [-0.2, -0.15) is 0 Å². The highest BCUT2D eigenvalue weighted by Crippen LogP contribution is 2.35. The van der Waals surface area contributed by atoms with Gasteiger partial charge in [-0.3, -0.25) is 0 Å². The van der Waals surface area contributed by atoms with E-state index in [2.05, 4.69) is 13.2 Å². The minimum Gasteiger partial charge on any atom is -0.423 e. The molecule has 2 aromatic rings. The third-order valence-electron chi connectivity index (χ3n) is 3.17. The van der Waals surface area contributed by atoms with Gasteiger partial charge >= 0.3 is 11.9 Å². The molecular weight excluding hydrogens is 375 g/mol. The second-order valence-corrected chi connectivity index (χ2v) is 5.69. The van der Waals surface area contributed by atoms with Crippen molar-refractivity contribution in [3.8, 4) is 11.5 Å². The molecule has 0 spiro atoms. The van der Waals surface area contributed by atoms with Crippen LogP contribution in [0, 0.1) is 0 Å². The summed E-state index contributed by atoms with van der Waals surface area (Å²) in [4.78, 5) is 22.4. The number of carbonyl (C=O) groups excluding carboxylic acids is 2. The first-order chi connectivity index (χ1) is 12.4. The summed E-state index contributed by atoms with van der Waals surface area (Å²) in [7, 11) is 0. The van der Waals surface area contributed by atoms with E-state index in [-0.39, 0.29) is 15.8 Å². The summed E-state index contributed by atoms with van der Waals surface area (Å²) in [6, 6.07) is 10.1.